The summed E-state index contributed by atoms with van der Waals surface area (Å²) in [6.45, 7) is 6.79. The van der Waals surface area contributed by atoms with Crippen LogP contribution in [0.4, 0.5) is 0 Å². The maximum absolute atomic E-state index is 2.53. The fraction of sp³-hybridized carbons (Fsp3) is 0.600. The maximum atomic E-state index is 2.53. The second kappa shape index (κ2) is 9.55. The highest BCUT2D eigenvalue weighted by Gasteiger charge is 2.23. The van der Waals surface area contributed by atoms with Gasteiger partial charge in [0.1, 0.15) is 6.17 Å². The molecule has 1 aromatic rings. The number of hydrogen-bond donors (Lipinski definition) is 0. The summed E-state index contributed by atoms with van der Waals surface area (Å²) in [6.07, 6.45) is 14.5. The Bertz CT molecular complexity index is 427. The molecule has 1 aliphatic rings. The van der Waals surface area contributed by atoms with E-state index >= 15 is 0 Å². The van der Waals surface area contributed by atoms with Crippen LogP contribution in [0.5, 0.6) is 0 Å². The Kier molecular flexibility index (Phi) is 7.35. The van der Waals surface area contributed by atoms with Gasteiger partial charge in [-0.1, -0.05) is 76.3 Å². The van der Waals surface area contributed by atoms with Crippen molar-refractivity contribution < 1.29 is 0 Å². The summed E-state index contributed by atoms with van der Waals surface area (Å²) in [7, 11) is 0. The first-order valence-electron chi connectivity index (χ1n) is 9.09. The lowest BCUT2D eigenvalue weighted by atomic mass is 10.1. The SMILES string of the molecule is CCCCCCCCN1C=CN(Cc2ccccc2)C1CC. The molecule has 2 nitrogen and oxygen atoms in total. The normalized spacial score (nSPS) is 17.5. The minimum absolute atomic E-state index is 0.538. The van der Waals surface area contributed by atoms with E-state index in [-0.39, 0.29) is 0 Å². The van der Waals surface area contributed by atoms with Crippen molar-refractivity contribution in [1.29, 1.82) is 0 Å². The summed E-state index contributed by atoms with van der Waals surface area (Å²) in [5.74, 6) is 0. The van der Waals surface area contributed by atoms with Crippen molar-refractivity contribution in [3.63, 3.8) is 0 Å². The van der Waals surface area contributed by atoms with E-state index in [4.69, 9.17) is 0 Å². The van der Waals surface area contributed by atoms with Crippen LogP contribution in [-0.2, 0) is 6.54 Å². The Labute approximate surface area is 136 Å². The van der Waals surface area contributed by atoms with E-state index in [2.05, 4.69) is 66.4 Å². The highest BCUT2D eigenvalue weighted by molar-refractivity contribution is 5.15. The second-order valence-electron chi connectivity index (χ2n) is 6.35. The van der Waals surface area contributed by atoms with Crippen LogP contribution in [-0.4, -0.2) is 22.5 Å². The Morgan fingerprint density at radius 1 is 0.818 bits per heavy atom. The minimum Gasteiger partial charge on any atom is -0.356 e. The van der Waals surface area contributed by atoms with Crippen molar-refractivity contribution in [3.05, 3.63) is 48.3 Å². The summed E-state index contributed by atoms with van der Waals surface area (Å²) in [6, 6.07) is 10.8. The van der Waals surface area contributed by atoms with E-state index in [0.717, 1.165) is 6.54 Å². The van der Waals surface area contributed by atoms with Gasteiger partial charge in [0.15, 0.2) is 0 Å². The molecule has 1 atom stereocenters. The van der Waals surface area contributed by atoms with Gasteiger partial charge in [-0.05, 0) is 18.4 Å². The fourth-order valence-electron chi connectivity index (χ4n) is 3.28. The summed E-state index contributed by atoms with van der Waals surface area (Å²) >= 11 is 0. The van der Waals surface area contributed by atoms with Crippen LogP contribution in [0.25, 0.3) is 0 Å². The zero-order chi connectivity index (χ0) is 15.6. The molecule has 1 aromatic carbocycles. The Morgan fingerprint density at radius 2 is 1.50 bits per heavy atom. The van der Waals surface area contributed by atoms with Gasteiger partial charge in [-0.25, -0.2) is 0 Å². The van der Waals surface area contributed by atoms with Crippen LogP contribution in [0.1, 0.15) is 64.4 Å². The molecule has 22 heavy (non-hydrogen) atoms. The maximum Gasteiger partial charge on any atom is 0.101 e. The monoisotopic (exact) mass is 300 g/mol. The van der Waals surface area contributed by atoms with Crippen molar-refractivity contribution in [1.82, 2.24) is 9.80 Å². The third-order valence-corrected chi connectivity index (χ3v) is 4.56. The highest BCUT2D eigenvalue weighted by Crippen LogP contribution is 2.22. The molecule has 0 aromatic heterocycles. The van der Waals surface area contributed by atoms with Gasteiger partial charge < -0.3 is 9.80 Å². The van der Waals surface area contributed by atoms with Crippen molar-refractivity contribution in [2.75, 3.05) is 6.54 Å². The van der Waals surface area contributed by atoms with Gasteiger partial charge >= 0.3 is 0 Å². The molecule has 1 unspecified atom stereocenters. The van der Waals surface area contributed by atoms with Crippen molar-refractivity contribution >= 4 is 0 Å². The first kappa shape index (κ1) is 16.9. The Hall–Kier alpha value is -1.44. The van der Waals surface area contributed by atoms with Crippen LogP contribution in [0, 0.1) is 0 Å². The third kappa shape index (κ3) is 5.08. The quantitative estimate of drug-likeness (QED) is 0.536. The van der Waals surface area contributed by atoms with Gasteiger partial charge in [-0.15, -0.1) is 0 Å². The standard InChI is InChI=1S/C20H32N2/c1-3-5-6-7-8-12-15-21-16-17-22(20(21)4-2)18-19-13-10-9-11-14-19/h9-11,13-14,16-17,20H,3-8,12,15,18H2,1-2H3. The van der Waals surface area contributed by atoms with Crippen molar-refractivity contribution in [2.45, 2.75) is 71.5 Å². The molecule has 0 spiro atoms. The van der Waals surface area contributed by atoms with E-state index in [1.54, 1.807) is 0 Å². The largest absolute Gasteiger partial charge is 0.356 e. The lowest BCUT2D eigenvalue weighted by Crippen LogP contribution is -2.38. The van der Waals surface area contributed by atoms with Gasteiger partial charge in [-0.3, -0.25) is 0 Å². The topological polar surface area (TPSA) is 6.48 Å². The molecule has 0 saturated carbocycles. The highest BCUT2D eigenvalue weighted by atomic mass is 15.4. The number of unbranched alkanes of at least 4 members (excludes halogenated alkanes) is 5. The van der Waals surface area contributed by atoms with Crippen LogP contribution in [0.3, 0.4) is 0 Å². The first-order valence-corrected chi connectivity index (χ1v) is 9.09. The third-order valence-electron chi connectivity index (χ3n) is 4.56. The van der Waals surface area contributed by atoms with Gasteiger partial charge in [0.25, 0.3) is 0 Å². The Morgan fingerprint density at radius 3 is 2.23 bits per heavy atom. The summed E-state index contributed by atoms with van der Waals surface area (Å²) in [5.41, 5.74) is 1.40. The lowest BCUT2D eigenvalue weighted by molar-refractivity contribution is 0.140. The van der Waals surface area contributed by atoms with E-state index in [1.807, 2.05) is 0 Å². The fourth-order valence-corrected chi connectivity index (χ4v) is 3.28. The summed E-state index contributed by atoms with van der Waals surface area (Å²) in [4.78, 5) is 5.01. The van der Waals surface area contributed by atoms with Crippen LogP contribution >= 0.6 is 0 Å². The van der Waals surface area contributed by atoms with Crippen LogP contribution < -0.4 is 0 Å². The van der Waals surface area contributed by atoms with Crippen LogP contribution in [0.15, 0.2) is 42.7 Å². The zero-order valence-electron chi connectivity index (χ0n) is 14.4. The van der Waals surface area contributed by atoms with Crippen LogP contribution in [0.2, 0.25) is 0 Å². The van der Waals surface area contributed by atoms with Gasteiger partial charge in [0, 0.05) is 25.5 Å². The van der Waals surface area contributed by atoms with Gasteiger partial charge in [0.2, 0.25) is 0 Å². The number of rotatable bonds is 10. The van der Waals surface area contributed by atoms with E-state index < -0.39 is 0 Å². The van der Waals surface area contributed by atoms with Gasteiger partial charge in [-0.2, -0.15) is 0 Å². The summed E-state index contributed by atoms with van der Waals surface area (Å²) in [5, 5.41) is 0. The molecular weight excluding hydrogens is 268 g/mol. The molecule has 1 aliphatic heterocycles. The Balaban J connectivity index is 1.74. The molecule has 0 N–H and O–H groups in total. The first-order chi connectivity index (χ1) is 10.8. The smallest absolute Gasteiger partial charge is 0.101 e. The molecule has 0 saturated heterocycles. The molecule has 0 bridgehead atoms. The van der Waals surface area contributed by atoms with E-state index in [0.29, 0.717) is 6.17 Å². The second-order valence-corrected chi connectivity index (χ2v) is 6.35. The minimum atomic E-state index is 0.538. The molecule has 122 valence electrons. The lowest BCUT2D eigenvalue weighted by Gasteiger charge is -2.32. The van der Waals surface area contributed by atoms with Crippen molar-refractivity contribution in [3.8, 4) is 0 Å². The summed E-state index contributed by atoms with van der Waals surface area (Å²) < 4.78 is 0. The average Bonchev–Trinajstić information content (AvgIpc) is 2.93. The molecule has 0 aliphatic carbocycles. The molecule has 2 heteroatoms. The van der Waals surface area contributed by atoms with E-state index in [9.17, 15) is 0 Å². The zero-order valence-corrected chi connectivity index (χ0v) is 14.4. The molecular formula is C20H32N2. The predicted octanol–water partition coefficient (Wildman–Crippen LogP) is 5.37. The number of nitrogens with zero attached hydrogens (tertiary/aromatic N) is 2. The predicted molar refractivity (Wildman–Crippen MR) is 95.3 cm³/mol. The molecule has 2 rings (SSSR count). The average molecular weight is 300 g/mol. The number of benzene rings is 1. The molecule has 1 heterocycles. The number of hydrogen-bond acceptors (Lipinski definition) is 2. The molecule has 0 radical (unpaired) electrons. The van der Waals surface area contributed by atoms with Crippen molar-refractivity contribution in [2.24, 2.45) is 0 Å². The van der Waals surface area contributed by atoms with Gasteiger partial charge in [0.05, 0.1) is 0 Å². The van der Waals surface area contributed by atoms with E-state index in [1.165, 1.54) is 57.1 Å². The molecule has 0 amide bonds. The molecule has 0 fully saturated rings.